The van der Waals surface area contributed by atoms with Gasteiger partial charge in [0.1, 0.15) is 12.1 Å². The van der Waals surface area contributed by atoms with Gasteiger partial charge in [0.2, 0.25) is 35.4 Å². The van der Waals surface area contributed by atoms with E-state index in [4.69, 9.17) is 11.5 Å². The molecule has 5 atom stereocenters. The van der Waals surface area contributed by atoms with Gasteiger partial charge >= 0.3 is 0 Å². The van der Waals surface area contributed by atoms with Crippen molar-refractivity contribution in [2.45, 2.75) is 157 Å². The number of hydrogen-bond donors (Lipinski definition) is 4. The summed E-state index contributed by atoms with van der Waals surface area (Å²) < 4.78 is 0. The number of nitrogens with two attached hydrogens (primary N) is 2. The van der Waals surface area contributed by atoms with Gasteiger partial charge in [-0.05, 0) is 85.9 Å². The Bertz CT molecular complexity index is 1430. The van der Waals surface area contributed by atoms with E-state index in [1.54, 1.807) is 0 Å². The van der Waals surface area contributed by atoms with Gasteiger partial charge in [0.25, 0.3) is 0 Å². The highest BCUT2D eigenvalue weighted by atomic mass is 16.2. The Kier molecular flexibility index (Phi) is 17.0. The maximum atomic E-state index is 14.5. The average molecular weight is 815 g/mol. The highest BCUT2D eigenvalue weighted by Gasteiger charge is 2.46. The summed E-state index contributed by atoms with van der Waals surface area (Å²) in [5, 5.41) is 6.89. The fraction of sp³-hybridized carbons (Fsp3) is 0.864. The lowest BCUT2D eigenvalue weighted by Crippen LogP contribution is -2.63. The van der Waals surface area contributed by atoms with E-state index in [1.165, 1.54) is 0 Å². The first kappa shape index (κ1) is 47.4. The lowest BCUT2D eigenvalue weighted by atomic mass is 9.71. The average Bonchev–Trinajstić information content (AvgIpc) is 3.99. The molecule has 0 radical (unpaired) electrons. The Morgan fingerprint density at radius 3 is 1.47 bits per heavy atom. The van der Waals surface area contributed by atoms with Gasteiger partial charge in [-0.25, -0.2) is 0 Å². The number of piperidine rings is 2. The van der Waals surface area contributed by atoms with Gasteiger partial charge in [-0.15, -0.1) is 0 Å². The first-order chi connectivity index (χ1) is 27.3. The summed E-state index contributed by atoms with van der Waals surface area (Å²) in [5.74, 6) is 0.0127. The molecule has 0 aromatic carbocycles. The third-order valence-electron chi connectivity index (χ3n) is 13.5. The van der Waals surface area contributed by atoms with E-state index in [-0.39, 0.29) is 64.7 Å². The topological polar surface area (TPSA) is 191 Å². The van der Waals surface area contributed by atoms with Gasteiger partial charge in [-0.2, -0.15) is 0 Å². The summed E-state index contributed by atoms with van der Waals surface area (Å²) in [6.07, 6.45) is 8.02. The van der Waals surface area contributed by atoms with Crippen molar-refractivity contribution in [3.05, 3.63) is 0 Å². The van der Waals surface area contributed by atoms with Crippen LogP contribution in [-0.4, -0.2) is 132 Å². The molecule has 4 saturated heterocycles. The second-order valence-electron chi connectivity index (χ2n) is 19.8. The molecule has 5 fully saturated rings. The number of nitrogens with zero attached hydrogens (tertiary/aromatic N) is 4. The third kappa shape index (κ3) is 13.1. The van der Waals surface area contributed by atoms with Crippen molar-refractivity contribution >= 4 is 35.4 Å². The monoisotopic (exact) mass is 815 g/mol. The summed E-state index contributed by atoms with van der Waals surface area (Å²) in [4.78, 5) is 87.7. The SMILES string of the molecule is CC.CC(C[C@@H](C(=O)N1CCC(CC(N)=O)CC1)N1CCN[C@@H](CC(C)(C)C)C1=O)C(C)(C)C[C@@H]1NCCN([C@@H](CC2CC2)C(=O)N2CCC(CC(N)=O)CC2)C1=O. The first-order valence-corrected chi connectivity index (χ1v) is 22.5. The molecule has 6 N–H and O–H groups in total. The van der Waals surface area contributed by atoms with Crippen LogP contribution in [0.4, 0.5) is 0 Å². The van der Waals surface area contributed by atoms with Crippen molar-refractivity contribution < 1.29 is 28.8 Å². The Labute approximate surface area is 348 Å². The van der Waals surface area contributed by atoms with Crippen molar-refractivity contribution in [2.24, 2.45) is 46.0 Å². The number of amides is 6. The van der Waals surface area contributed by atoms with Crippen molar-refractivity contribution in [2.75, 3.05) is 52.4 Å². The molecule has 58 heavy (non-hydrogen) atoms. The molecule has 14 nitrogen and oxygen atoms in total. The minimum atomic E-state index is -0.645. The van der Waals surface area contributed by atoms with Crippen molar-refractivity contribution in [1.82, 2.24) is 30.2 Å². The van der Waals surface area contributed by atoms with E-state index >= 15 is 0 Å². The smallest absolute Gasteiger partial charge is 0.245 e. The molecule has 14 heteroatoms. The van der Waals surface area contributed by atoms with Crippen LogP contribution in [0.5, 0.6) is 0 Å². The molecule has 0 bridgehead atoms. The van der Waals surface area contributed by atoms with Gasteiger partial charge in [0, 0.05) is 65.2 Å². The van der Waals surface area contributed by atoms with Crippen molar-refractivity contribution in [3.8, 4) is 0 Å². The number of likely N-dealkylation sites (tertiary alicyclic amines) is 2. The van der Waals surface area contributed by atoms with Gasteiger partial charge < -0.3 is 41.7 Å². The van der Waals surface area contributed by atoms with Crippen LogP contribution >= 0.6 is 0 Å². The first-order valence-electron chi connectivity index (χ1n) is 22.5. The van der Waals surface area contributed by atoms with Crippen LogP contribution in [0.25, 0.3) is 0 Å². The molecule has 0 spiro atoms. The molecule has 1 saturated carbocycles. The van der Waals surface area contributed by atoms with Crippen LogP contribution in [0.1, 0.15) is 132 Å². The van der Waals surface area contributed by atoms with Gasteiger partial charge in [0.15, 0.2) is 0 Å². The Hall–Kier alpha value is -3.26. The quantitative estimate of drug-likeness (QED) is 0.183. The molecule has 0 aromatic rings. The summed E-state index contributed by atoms with van der Waals surface area (Å²) >= 11 is 0. The summed E-state index contributed by atoms with van der Waals surface area (Å²) in [6, 6.07) is -1.99. The summed E-state index contributed by atoms with van der Waals surface area (Å²) in [5.41, 5.74) is 10.5. The van der Waals surface area contributed by atoms with E-state index in [1.807, 2.05) is 33.4 Å². The number of piperazine rings is 2. The van der Waals surface area contributed by atoms with Crippen LogP contribution in [0.3, 0.4) is 0 Å². The zero-order chi connectivity index (χ0) is 42.9. The fourth-order valence-corrected chi connectivity index (χ4v) is 9.54. The van der Waals surface area contributed by atoms with E-state index in [0.717, 1.165) is 25.7 Å². The maximum absolute atomic E-state index is 14.5. The minimum Gasteiger partial charge on any atom is -0.370 e. The predicted molar refractivity (Wildman–Crippen MR) is 226 cm³/mol. The van der Waals surface area contributed by atoms with Gasteiger partial charge in [-0.1, -0.05) is 68.2 Å². The summed E-state index contributed by atoms with van der Waals surface area (Å²) in [7, 11) is 0. The van der Waals surface area contributed by atoms with Crippen LogP contribution in [-0.2, 0) is 28.8 Å². The second-order valence-corrected chi connectivity index (χ2v) is 19.8. The van der Waals surface area contributed by atoms with E-state index in [2.05, 4.69) is 52.2 Å². The van der Waals surface area contributed by atoms with E-state index < -0.39 is 23.5 Å². The fourth-order valence-electron chi connectivity index (χ4n) is 9.54. The zero-order valence-corrected chi connectivity index (χ0v) is 37.2. The highest BCUT2D eigenvalue weighted by molar-refractivity contribution is 5.91. The molecule has 5 aliphatic rings. The molecular formula is C44H78N8O6. The number of carbonyl (C=O) groups is 6. The molecule has 4 aliphatic heterocycles. The number of hydrogen-bond acceptors (Lipinski definition) is 8. The van der Waals surface area contributed by atoms with E-state index in [9.17, 15) is 28.8 Å². The Balaban J connectivity index is 0.00000366. The Morgan fingerprint density at radius 1 is 0.638 bits per heavy atom. The maximum Gasteiger partial charge on any atom is 0.245 e. The molecule has 1 unspecified atom stereocenters. The number of carbonyl (C=O) groups excluding carboxylic acids is 6. The molecule has 4 heterocycles. The molecule has 330 valence electrons. The normalized spacial score (nSPS) is 24.5. The van der Waals surface area contributed by atoms with Crippen LogP contribution < -0.4 is 22.1 Å². The van der Waals surface area contributed by atoms with Crippen LogP contribution in [0.15, 0.2) is 0 Å². The standard InChI is InChI=1S/C42H72N8O6.C2H6/c1-27(21-33(39(55)47-15-9-29(10-16-47)23-35(43)51)49-19-13-45-31(37(49)53)25-41(2,3)4)42(5,6)26-32-38(54)50(20-14-46-32)34(22-28-7-8-28)40(56)48-17-11-30(12-18-48)24-36(44)52;1-2/h27-34,45-46H,7-26H2,1-6H3,(H2,43,51)(H2,44,52);1-2H3/t27?,31-,32-,33-,34-;/m0./s1. The molecule has 5 rings (SSSR count). The number of primary amides is 2. The third-order valence-corrected chi connectivity index (χ3v) is 13.5. The van der Waals surface area contributed by atoms with Crippen LogP contribution in [0, 0.1) is 34.5 Å². The van der Waals surface area contributed by atoms with Crippen molar-refractivity contribution in [3.63, 3.8) is 0 Å². The minimum absolute atomic E-state index is 0.0153. The van der Waals surface area contributed by atoms with E-state index in [0.29, 0.717) is 110 Å². The molecule has 1 aliphatic carbocycles. The summed E-state index contributed by atoms with van der Waals surface area (Å²) in [6.45, 7) is 21.1. The van der Waals surface area contributed by atoms with Crippen LogP contribution in [0.2, 0.25) is 0 Å². The molecule has 0 aromatic heterocycles. The number of rotatable bonds is 16. The van der Waals surface area contributed by atoms with Gasteiger partial charge in [-0.3, -0.25) is 28.8 Å². The lowest BCUT2D eigenvalue weighted by Gasteiger charge is -2.45. The molecular weight excluding hydrogens is 737 g/mol. The second kappa shape index (κ2) is 20.8. The van der Waals surface area contributed by atoms with Gasteiger partial charge in [0.05, 0.1) is 12.1 Å². The Morgan fingerprint density at radius 2 is 1.05 bits per heavy atom. The zero-order valence-electron chi connectivity index (χ0n) is 37.2. The predicted octanol–water partition coefficient (Wildman–Crippen LogP) is 3.26. The van der Waals surface area contributed by atoms with Crippen molar-refractivity contribution in [1.29, 1.82) is 0 Å². The lowest BCUT2D eigenvalue weighted by molar-refractivity contribution is -0.152. The highest BCUT2D eigenvalue weighted by Crippen LogP contribution is 2.39. The largest absolute Gasteiger partial charge is 0.370 e. The number of nitrogens with one attached hydrogen (secondary N) is 2. The molecule has 6 amide bonds.